The Morgan fingerprint density at radius 3 is 2.36 bits per heavy atom. The van der Waals surface area contributed by atoms with Gasteiger partial charge in [0.2, 0.25) is 5.91 Å². The van der Waals surface area contributed by atoms with Crippen LogP contribution in [0.3, 0.4) is 0 Å². The molecule has 14 heavy (non-hydrogen) atoms. The highest BCUT2D eigenvalue weighted by atomic mass is 16.1. The van der Waals surface area contributed by atoms with Crippen LogP contribution in [0.4, 0.5) is 0 Å². The van der Waals surface area contributed by atoms with Gasteiger partial charge < -0.3 is 5.32 Å². The summed E-state index contributed by atoms with van der Waals surface area (Å²) in [5.74, 6) is 0.481. The normalized spacial score (nSPS) is 18.2. The summed E-state index contributed by atoms with van der Waals surface area (Å²) in [6.45, 7) is 7.88. The minimum absolute atomic E-state index is 0.0481. The Morgan fingerprint density at radius 1 is 1.29 bits per heavy atom. The van der Waals surface area contributed by atoms with Gasteiger partial charge in [0.15, 0.2) is 0 Å². The third kappa shape index (κ3) is 3.17. The number of hydrogen-bond acceptors (Lipinski definition) is 1. The summed E-state index contributed by atoms with van der Waals surface area (Å²) < 4.78 is 0. The average Bonchev–Trinajstić information content (AvgIpc) is 2.17. The van der Waals surface area contributed by atoms with Crippen molar-refractivity contribution in [2.75, 3.05) is 0 Å². The number of nitrogens with one attached hydrogen (secondary N) is 1. The summed E-state index contributed by atoms with van der Waals surface area (Å²) in [6, 6.07) is 0.211. The lowest BCUT2D eigenvalue weighted by molar-refractivity contribution is -0.118. The van der Waals surface area contributed by atoms with E-state index in [-0.39, 0.29) is 11.9 Å². The largest absolute Gasteiger partial charge is 0.350 e. The molecule has 0 bridgehead atoms. The highest BCUT2D eigenvalue weighted by molar-refractivity contribution is 5.93. The van der Waals surface area contributed by atoms with Gasteiger partial charge in [0, 0.05) is 11.6 Å². The molecular weight excluding hydrogens is 174 g/mol. The smallest absolute Gasteiger partial charge is 0.247 e. The van der Waals surface area contributed by atoms with Crippen molar-refractivity contribution in [3.8, 4) is 0 Å². The minimum atomic E-state index is 0.0481. The van der Waals surface area contributed by atoms with Gasteiger partial charge in [0.1, 0.15) is 0 Å². The molecule has 2 nitrogen and oxygen atoms in total. The van der Waals surface area contributed by atoms with Gasteiger partial charge >= 0.3 is 0 Å². The van der Waals surface area contributed by atoms with Gasteiger partial charge in [0.05, 0.1) is 0 Å². The average molecular weight is 195 g/mol. The monoisotopic (exact) mass is 195 g/mol. The number of rotatable bonds is 3. The van der Waals surface area contributed by atoms with Gasteiger partial charge in [-0.1, -0.05) is 25.8 Å². The molecule has 1 rings (SSSR count). The molecule has 1 aliphatic carbocycles. The maximum absolute atomic E-state index is 11.6. The molecule has 1 amide bonds. The number of amides is 1. The second-order valence-corrected chi connectivity index (χ2v) is 4.49. The summed E-state index contributed by atoms with van der Waals surface area (Å²) in [6.07, 6.45) is 6.10. The molecule has 0 heterocycles. The standard InChI is InChI=1S/C12H21NO/c1-9(2)13-12(14)10(3)11-7-5-4-6-8-11/h9,11H,3-8H2,1-2H3,(H,13,14). The molecule has 0 aromatic heterocycles. The molecule has 0 aromatic carbocycles. The third-order valence-electron chi connectivity index (χ3n) is 2.81. The highest BCUT2D eigenvalue weighted by Crippen LogP contribution is 2.28. The zero-order valence-corrected chi connectivity index (χ0v) is 9.31. The minimum Gasteiger partial charge on any atom is -0.350 e. The lowest BCUT2D eigenvalue weighted by Crippen LogP contribution is -2.33. The van der Waals surface area contributed by atoms with Crippen LogP contribution in [-0.4, -0.2) is 11.9 Å². The van der Waals surface area contributed by atoms with Gasteiger partial charge in [-0.25, -0.2) is 0 Å². The number of hydrogen-bond donors (Lipinski definition) is 1. The van der Waals surface area contributed by atoms with E-state index in [1.54, 1.807) is 0 Å². The molecule has 1 fully saturated rings. The number of carbonyl (C=O) groups is 1. The van der Waals surface area contributed by atoms with E-state index in [4.69, 9.17) is 0 Å². The first-order valence-corrected chi connectivity index (χ1v) is 5.61. The van der Waals surface area contributed by atoms with Crippen LogP contribution >= 0.6 is 0 Å². The Hall–Kier alpha value is -0.790. The lowest BCUT2D eigenvalue weighted by Gasteiger charge is -2.23. The van der Waals surface area contributed by atoms with E-state index in [0.29, 0.717) is 5.92 Å². The fourth-order valence-electron chi connectivity index (χ4n) is 1.99. The van der Waals surface area contributed by atoms with Gasteiger partial charge in [-0.2, -0.15) is 0 Å². The van der Waals surface area contributed by atoms with E-state index in [0.717, 1.165) is 18.4 Å². The Morgan fingerprint density at radius 2 is 1.86 bits per heavy atom. The fourth-order valence-corrected chi connectivity index (χ4v) is 1.99. The first-order valence-electron chi connectivity index (χ1n) is 5.61. The van der Waals surface area contributed by atoms with Crippen LogP contribution in [0.2, 0.25) is 0 Å². The third-order valence-corrected chi connectivity index (χ3v) is 2.81. The Labute approximate surface area is 86.8 Å². The van der Waals surface area contributed by atoms with Crippen molar-refractivity contribution < 1.29 is 4.79 Å². The zero-order valence-electron chi connectivity index (χ0n) is 9.31. The van der Waals surface area contributed by atoms with Gasteiger partial charge in [0.25, 0.3) is 0 Å². The zero-order chi connectivity index (χ0) is 10.6. The van der Waals surface area contributed by atoms with Crippen molar-refractivity contribution in [2.45, 2.75) is 52.0 Å². The summed E-state index contributed by atoms with van der Waals surface area (Å²) >= 11 is 0. The van der Waals surface area contributed by atoms with Crippen molar-refractivity contribution in [3.05, 3.63) is 12.2 Å². The molecule has 0 aromatic rings. The maximum Gasteiger partial charge on any atom is 0.247 e. The number of carbonyl (C=O) groups excluding carboxylic acids is 1. The quantitative estimate of drug-likeness (QED) is 0.689. The molecular formula is C12H21NO. The highest BCUT2D eigenvalue weighted by Gasteiger charge is 2.21. The Balaban J connectivity index is 2.42. The molecule has 1 N–H and O–H groups in total. The molecule has 1 saturated carbocycles. The second kappa shape index (κ2) is 5.18. The summed E-state index contributed by atoms with van der Waals surface area (Å²) in [5, 5.41) is 2.90. The summed E-state index contributed by atoms with van der Waals surface area (Å²) in [7, 11) is 0. The first kappa shape index (κ1) is 11.3. The van der Waals surface area contributed by atoms with Crippen LogP contribution in [0.1, 0.15) is 46.0 Å². The van der Waals surface area contributed by atoms with Crippen molar-refractivity contribution in [1.29, 1.82) is 0 Å². The second-order valence-electron chi connectivity index (χ2n) is 4.49. The molecule has 0 aliphatic heterocycles. The van der Waals surface area contributed by atoms with Crippen LogP contribution in [0.25, 0.3) is 0 Å². The SMILES string of the molecule is C=C(C(=O)NC(C)C)C1CCCCC1. The van der Waals surface area contributed by atoms with Crippen LogP contribution in [0, 0.1) is 5.92 Å². The van der Waals surface area contributed by atoms with E-state index in [2.05, 4.69) is 11.9 Å². The molecule has 0 saturated heterocycles. The first-order chi connectivity index (χ1) is 6.61. The predicted molar refractivity (Wildman–Crippen MR) is 59.0 cm³/mol. The van der Waals surface area contributed by atoms with Crippen LogP contribution < -0.4 is 5.32 Å². The van der Waals surface area contributed by atoms with Gasteiger partial charge in [-0.05, 0) is 32.6 Å². The van der Waals surface area contributed by atoms with Crippen molar-refractivity contribution >= 4 is 5.91 Å². The fraction of sp³-hybridized carbons (Fsp3) is 0.750. The van der Waals surface area contributed by atoms with Crippen molar-refractivity contribution in [2.24, 2.45) is 5.92 Å². The summed E-state index contributed by atoms with van der Waals surface area (Å²) in [4.78, 5) is 11.6. The molecule has 0 radical (unpaired) electrons. The Kier molecular flexibility index (Phi) is 4.18. The van der Waals surface area contributed by atoms with Crippen molar-refractivity contribution in [3.63, 3.8) is 0 Å². The van der Waals surface area contributed by atoms with E-state index in [1.807, 2.05) is 13.8 Å². The van der Waals surface area contributed by atoms with E-state index < -0.39 is 0 Å². The molecule has 1 aliphatic rings. The van der Waals surface area contributed by atoms with Crippen molar-refractivity contribution in [1.82, 2.24) is 5.32 Å². The predicted octanol–water partition coefficient (Wildman–Crippen LogP) is 2.65. The molecule has 0 unspecified atom stereocenters. The van der Waals surface area contributed by atoms with E-state index in [9.17, 15) is 4.79 Å². The molecule has 0 spiro atoms. The van der Waals surface area contributed by atoms with Crippen LogP contribution in [0.15, 0.2) is 12.2 Å². The lowest BCUT2D eigenvalue weighted by atomic mass is 9.84. The van der Waals surface area contributed by atoms with E-state index in [1.165, 1.54) is 19.3 Å². The van der Waals surface area contributed by atoms with Crippen LogP contribution in [0.5, 0.6) is 0 Å². The van der Waals surface area contributed by atoms with Gasteiger partial charge in [-0.15, -0.1) is 0 Å². The topological polar surface area (TPSA) is 29.1 Å². The van der Waals surface area contributed by atoms with Crippen LogP contribution in [-0.2, 0) is 4.79 Å². The van der Waals surface area contributed by atoms with E-state index >= 15 is 0 Å². The van der Waals surface area contributed by atoms with Gasteiger partial charge in [-0.3, -0.25) is 4.79 Å². The molecule has 2 heteroatoms. The molecule has 0 atom stereocenters. The maximum atomic E-state index is 11.6. The summed E-state index contributed by atoms with van der Waals surface area (Å²) in [5.41, 5.74) is 0.790. The Bertz CT molecular complexity index is 214. The molecule has 80 valence electrons.